The lowest BCUT2D eigenvalue weighted by Gasteiger charge is -2.20. The minimum atomic E-state index is -0.203. The Morgan fingerprint density at radius 3 is 2.74 bits per heavy atom. The second-order valence-corrected chi connectivity index (χ2v) is 8.64. The Balaban J connectivity index is 1.41. The molecule has 31 heavy (non-hydrogen) atoms. The van der Waals surface area contributed by atoms with E-state index in [1.165, 1.54) is 5.56 Å². The maximum atomic E-state index is 12.7. The Kier molecular flexibility index (Phi) is 6.67. The third-order valence-corrected chi connectivity index (χ3v) is 6.26. The topological polar surface area (TPSA) is 67.4 Å². The first-order chi connectivity index (χ1) is 15.1. The van der Waals surface area contributed by atoms with Crippen molar-refractivity contribution in [3.8, 4) is 5.75 Å². The fourth-order valence-corrected chi connectivity index (χ4v) is 4.54. The lowest BCUT2D eigenvalue weighted by atomic mass is 10.0. The number of nitrogens with one attached hydrogen (secondary N) is 2. The normalized spacial score (nSPS) is 13.8. The monoisotopic (exact) mass is 434 g/mol. The predicted octanol–water partition coefficient (Wildman–Crippen LogP) is 4.87. The van der Waals surface area contributed by atoms with E-state index in [4.69, 9.17) is 4.74 Å². The van der Waals surface area contributed by atoms with Crippen molar-refractivity contribution in [2.24, 2.45) is 0 Å². The number of rotatable bonds is 8. The minimum absolute atomic E-state index is 0.0305. The Hall–Kier alpha value is -3.12. The van der Waals surface area contributed by atoms with Gasteiger partial charge in [-0.1, -0.05) is 43.7 Å². The van der Waals surface area contributed by atoms with Gasteiger partial charge in [0.2, 0.25) is 5.91 Å². The first-order valence-electron chi connectivity index (χ1n) is 10.6. The van der Waals surface area contributed by atoms with Crippen molar-refractivity contribution in [2.75, 3.05) is 11.9 Å². The highest BCUT2D eigenvalue weighted by Crippen LogP contribution is 2.28. The largest absolute Gasteiger partial charge is 0.484 e. The molecule has 1 aromatic heterocycles. The molecule has 2 heterocycles. The number of anilines is 1. The van der Waals surface area contributed by atoms with E-state index in [0.29, 0.717) is 18.6 Å². The number of carbonyl (C=O) groups is 2. The van der Waals surface area contributed by atoms with E-state index in [9.17, 15) is 9.59 Å². The van der Waals surface area contributed by atoms with Crippen LogP contribution in [0.1, 0.15) is 47.4 Å². The van der Waals surface area contributed by atoms with Gasteiger partial charge < -0.3 is 15.4 Å². The summed E-state index contributed by atoms with van der Waals surface area (Å²) in [7, 11) is 0. The van der Waals surface area contributed by atoms with Gasteiger partial charge in [0.25, 0.3) is 5.91 Å². The molecule has 1 atom stereocenters. The first kappa shape index (κ1) is 21.1. The Labute approximate surface area is 186 Å². The van der Waals surface area contributed by atoms with Crippen LogP contribution in [0, 0.1) is 0 Å². The second kappa shape index (κ2) is 9.79. The molecule has 0 spiro atoms. The molecule has 5 nitrogen and oxygen atoms in total. The van der Waals surface area contributed by atoms with E-state index in [0.717, 1.165) is 34.5 Å². The van der Waals surface area contributed by atoms with Gasteiger partial charge in [0.1, 0.15) is 5.75 Å². The quantitative estimate of drug-likeness (QED) is 0.532. The SMILES string of the molecule is CCCc1ccc([C@H](NC(=O)COc2ccc3c(c2)CCC(=O)N3)c2cccs2)cc1. The summed E-state index contributed by atoms with van der Waals surface area (Å²) in [6.07, 6.45) is 3.31. The molecule has 3 aromatic rings. The molecule has 0 unspecified atom stereocenters. The molecule has 2 amide bonds. The molecule has 0 aliphatic carbocycles. The summed E-state index contributed by atoms with van der Waals surface area (Å²) in [4.78, 5) is 25.3. The smallest absolute Gasteiger partial charge is 0.258 e. The van der Waals surface area contributed by atoms with Crippen LogP contribution in [-0.4, -0.2) is 18.4 Å². The summed E-state index contributed by atoms with van der Waals surface area (Å²) in [6, 6.07) is 17.8. The second-order valence-electron chi connectivity index (χ2n) is 7.66. The van der Waals surface area contributed by atoms with Gasteiger partial charge in [-0.3, -0.25) is 9.59 Å². The fraction of sp³-hybridized carbons (Fsp3) is 0.280. The van der Waals surface area contributed by atoms with Crippen LogP contribution in [0.25, 0.3) is 0 Å². The Morgan fingerprint density at radius 2 is 2.00 bits per heavy atom. The summed E-state index contributed by atoms with van der Waals surface area (Å²) in [6.45, 7) is 2.10. The molecule has 1 aliphatic rings. The molecule has 0 saturated heterocycles. The first-order valence-corrected chi connectivity index (χ1v) is 11.5. The van der Waals surface area contributed by atoms with Crippen LogP contribution in [-0.2, 0) is 22.4 Å². The van der Waals surface area contributed by atoms with E-state index in [1.807, 2.05) is 29.6 Å². The number of benzene rings is 2. The predicted molar refractivity (Wildman–Crippen MR) is 124 cm³/mol. The Morgan fingerprint density at radius 1 is 1.16 bits per heavy atom. The van der Waals surface area contributed by atoms with Gasteiger partial charge in [-0.05, 0) is 59.2 Å². The van der Waals surface area contributed by atoms with Crippen molar-refractivity contribution in [3.05, 3.63) is 81.5 Å². The van der Waals surface area contributed by atoms with E-state index in [1.54, 1.807) is 17.4 Å². The summed E-state index contributed by atoms with van der Waals surface area (Å²) in [5, 5.41) is 7.98. The maximum absolute atomic E-state index is 12.7. The standard InChI is InChI=1S/C25H26N2O3S/c1-2-4-17-6-8-18(9-7-17)25(22-5-3-14-31-22)27-24(29)16-30-20-11-12-21-19(15-20)10-13-23(28)26-21/h3,5-9,11-12,14-15,25H,2,4,10,13,16H2,1H3,(H,26,28)(H,27,29)/t25-/m0/s1. The summed E-state index contributed by atoms with van der Waals surface area (Å²) >= 11 is 1.62. The minimum Gasteiger partial charge on any atom is -0.484 e. The van der Waals surface area contributed by atoms with Crippen LogP contribution >= 0.6 is 11.3 Å². The molecule has 0 radical (unpaired) electrons. The average Bonchev–Trinajstić information content (AvgIpc) is 3.31. The number of aryl methyl sites for hydroxylation is 2. The molecule has 0 fully saturated rings. The highest BCUT2D eigenvalue weighted by Gasteiger charge is 2.19. The highest BCUT2D eigenvalue weighted by molar-refractivity contribution is 7.10. The van der Waals surface area contributed by atoms with E-state index in [-0.39, 0.29) is 24.5 Å². The van der Waals surface area contributed by atoms with E-state index in [2.05, 4.69) is 41.8 Å². The fourth-order valence-electron chi connectivity index (χ4n) is 3.74. The van der Waals surface area contributed by atoms with Gasteiger partial charge in [0.15, 0.2) is 6.61 Å². The summed E-state index contributed by atoms with van der Waals surface area (Å²) in [5.74, 6) is 0.478. The molecule has 1 aliphatic heterocycles. The third-order valence-electron chi connectivity index (χ3n) is 5.33. The van der Waals surface area contributed by atoms with Crippen LogP contribution in [0.2, 0.25) is 0 Å². The number of fused-ring (bicyclic) bond motifs is 1. The van der Waals surface area contributed by atoms with Crippen molar-refractivity contribution in [3.63, 3.8) is 0 Å². The van der Waals surface area contributed by atoms with Crippen LogP contribution in [0.5, 0.6) is 5.75 Å². The van der Waals surface area contributed by atoms with Crippen LogP contribution in [0.3, 0.4) is 0 Å². The van der Waals surface area contributed by atoms with Crippen LogP contribution in [0.15, 0.2) is 60.0 Å². The lowest BCUT2D eigenvalue weighted by molar-refractivity contribution is -0.123. The van der Waals surface area contributed by atoms with Crippen molar-refractivity contribution in [1.82, 2.24) is 5.32 Å². The number of hydrogen-bond donors (Lipinski definition) is 2. The number of carbonyl (C=O) groups excluding carboxylic acids is 2. The number of ether oxygens (including phenoxy) is 1. The molecular formula is C25H26N2O3S. The van der Waals surface area contributed by atoms with Crippen LogP contribution in [0.4, 0.5) is 5.69 Å². The number of hydrogen-bond acceptors (Lipinski definition) is 4. The summed E-state index contributed by atoms with van der Waals surface area (Å²) < 4.78 is 5.74. The summed E-state index contributed by atoms with van der Waals surface area (Å²) in [5.41, 5.74) is 4.20. The zero-order chi connectivity index (χ0) is 21.6. The van der Waals surface area contributed by atoms with Gasteiger partial charge in [-0.25, -0.2) is 0 Å². The van der Waals surface area contributed by atoms with Crippen molar-refractivity contribution in [2.45, 2.75) is 38.6 Å². The average molecular weight is 435 g/mol. The molecule has 160 valence electrons. The Bertz CT molecular complexity index is 1050. The molecule has 6 heteroatoms. The number of thiophene rings is 1. The molecule has 0 saturated carbocycles. The zero-order valence-electron chi connectivity index (χ0n) is 17.5. The molecule has 2 N–H and O–H groups in total. The lowest BCUT2D eigenvalue weighted by Crippen LogP contribution is -2.33. The maximum Gasteiger partial charge on any atom is 0.258 e. The molecular weight excluding hydrogens is 408 g/mol. The molecule has 0 bridgehead atoms. The molecule has 4 rings (SSSR count). The third kappa shape index (κ3) is 5.33. The highest BCUT2D eigenvalue weighted by atomic mass is 32.1. The van der Waals surface area contributed by atoms with Crippen LogP contribution < -0.4 is 15.4 Å². The van der Waals surface area contributed by atoms with Crippen molar-refractivity contribution < 1.29 is 14.3 Å². The zero-order valence-corrected chi connectivity index (χ0v) is 18.3. The number of amides is 2. The van der Waals surface area contributed by atoms with Gasteiger partial charge in [-0.15, -0.1) is 11.3 Å². The van der Waals surface area contributed by atoms with Crippen molar-refractivity contribution in [1.29, 1.82) is 0 Å². The van der Waals surface area contributed by atoms with E-state index >= 15 is 0 Å². The van der Waals surface area contributed by atoms with E-state index < -0.39 is 0 Å². The van der Waals surface area contributed by atoms with Gasteiger partial charge in [0.05, 0.1) is 6.04 Å². The molecule has 2 aromatic carbocycles. The van der Waals surface area contributed by atoms with Gasteiger partial charge >= 0.3 is 0 Å². The van der Waals surface area contributed by atoms with Crippen molar-refractivity contribution >= 4 is 28.8 Å². The van der Waals surface area contributed by atoms with Gasteiger partial charge in [0, 0.05) is 17.0 Å². The van der Waals surface area contributed by atoms with Gasteiger partial charge in [-0.2, -0.15) is 0 Å².